The van der Waals surface area contributed by atoms with E-state index in [4.69, 9.17) is 8.94 Å². The van der Waals surface area contributed by atoms with E-state index >= 15 is 0 Å². The van der Waals surface area contributed by atoms with Gasteiger partial charge in [0.2, 0.25) is 0 Å². The highest BCUT2D eigenvalue weighted by molar-refractivity contribution is 7.92. The van der Waals surface area contributed by atoms with E-state index in [0.717, 1.165) is 6.26 Å². The van der Waals surface area contributed by atoms with Crippen LogP contribution in [0.4, 0.5) is 23.6 Å². The molecule has 0 unspecified atom stereocenters. The van der Waals surface area contributed by atoms with E-state index in [2.05, 4.69) is 14.9 Å². The normalized spacial score (nSPS) is 12.1. The number of alkyl halides is 3. The fourth-order valence-electron chi connectivity index (χ4n) is 2.68. The molecule has 0 amide bonds. The third kappa shape index (κ3) is 4.28. The SMILES string of the molecule is O=S(=O)(Nc1nc(-c2cc(C(F)(F)F)ccc2F)co1)c1ccc(-c2ccon2)cc1. The number of aromatic nitrogens is 2. The topological polar surface area (TPSA) is 98.2 Å². The van der Waals surface area contributed by atoms with Crippen molar-refractivity contribution in [1.29, 1.82) is 0 Å². The largest absolute Gasteiger partial charge is 0.431 e. The monoisotopic (exact) mass is 453 g/mol. The van der Waals surface area contributed by atoms with E-state index in [9.17, 15) is 26.0 Å². The number of hydrogen-bond acceptors (Lipinski definition) is 6. The van der Waals surface area contributed by atoms with Gasteiger partial charge in [0, 0.05) is 17.2 Å². The van der Waals surface area contributed by atoms with Crippen molar-refractivity contribution >= 4 is 16.0 Å². The van der Waals surface area contributed by atoms with E-state index in [1.807, 2.05) is 0 Å². The maximum absolute atomic E-state index is 14.0. The first-order valence-electron chi connectivity index (χ1n) is 8.50. The molecule has 4 aromatic rings. The summed E-state index contributed by atoms with van der Waals surface area (Å²) in [5, 5.41) is 3.74. The number of sulfonamides is 1. The molecule has 1 N–H and O–H groups in total. The van der Waals surface area contributed by atoms with E-state index in [1.54, 1.807) is 6.07 Å². The van der Waals surface area contributed by atoms with Crippen LogP contribution in [0.5, 0.6) is 0 Å². The molecule has 0 aliphatic rings. The van der Waals surface area contributed by atoms with Gasteiger partial charge in [0.1, 0.15) is 29.7 Å². The van der Waals surface area contributed by atoms with Gasteiger partial charge in [-0.1, -0.05) is 17.3 Å². The van der Waals surface area contributed by atoms with Crippen molar-refractivity contribution < 1.29 is 34.9 Å². The van der Waals surface area contributed by atoms with Gasteiger partial charge >= 0.3 is 12.2 Å². The van der Waals surface area contributed by atoms with Gasteiger partial charge < -0.3 is 8.94 Å². The Morgan fingerprint density at radius 3 is 2.35 bits per heavy atom. The number of nitrogens with zero attached hydrogens (tertiary/aromatic N) is 2. The lowest BCUT2D eigenvalue weighted by molar-refractivity contribution is -0.137. The van der Waals surface area contributed by atoms with E-state index in [-0.39, 0.29) is 10.6 Å². The van der Waals surface area contributed by atoms with Crippen LogP contribution in [0.2, 0.25) is 0 Å². The number of rotatable bonds is 5. The first-order valence-corrected chi connectivity index (χ1v) is 9.98. The summed E-state index contributed by atoms with van der Waals surface area (Å²) in [5.74, 6) is -0.973. The maximum Gasteiger partial charge on any atom is 0.416 e. The Bertz CT molecular complexity index is 1320. The average Bonchev–Trinajstić information content (AvgIpc) is 3.39. The number of halogens is 4. The Morgan fingerprint density at radius 1 is 0.968 bits per heavy atom. The second-order valence-corrected chi connectivity index (χ2v) is 7.93. The molecular formula is C19H11F4N3O4S. The second-order valence-electron chi connectivity index (χ2n) is 6.24. The van der Waals surface area contributed by atoms with Gasteiger partial charge in [-0.25, -0.2) is 17.5 Å². The van der Waals surface area contributed by atoms with Crippen LogP contribution in [0.15, 0.2) is 74.9 Å². The fraction of sp³-hybridized carbons (Fsp3) is 0.0526. The lowest BCUT2D eigenvalue weighted by Crippen LogP contribution is -2.13. The third-order valence-corrected chi connectivity index (χ3v) is 5.53. The van der Waals surface area contributed by atoms with Crippen molar-refractivity contribution in [2.24, 2.45) is 0 Å². The van der Waals surface area contributed by atoms with Crippen molar-refractivity contribution in [3.63, 3.8) is 0 Å². The van der Waals surface area contributed by atoms with Crippen molar-refractivity contribution in [3.05, 3.63) is 72.4 Å². The van der Waals surface area contributed by atoms with Gasteiger partial charge in [0.15, 0.2) is 0 Å². The van der Waals surface area contributed by atoms with Crippen LogP contribution in [-0.2, 0) is 16.2 Å². The van der Waals surface area contributed by atoms with Gasteiger partial charge in [0.05, 0.1) is 10.5 Å². The molecule has 0 saturated heterocycles. The average molecular weight is 453 g/mol. The summed E-state index contributed by atoms with van der Waals surface area (Å²) in [5.41, 5.74) is -0.742. The zero-order valence-corrected chi connectivity index (χ0v) is 16.0. The standard InChI is InChI=1S/C19H11F4N3O4S/c20-15-6-3-12(19(21,22)23)9-14(15)17-10-29-18(24-17)26-31(27,28)13-4-1-11(2-5-13)16-7-8-30-25-16/h1-10H,(H,24,26). The molecule has 12 heteroatoms. The van der Waals surface area contributed by atoms with E-state index < -0.39 is 39.2 Å². The van der Waals surface area contributed by atoms with Crippen LogP contribution >= 0.6 is 0 Å². The van der Waals surface area contributed by atoms with Crippen molar-refractivity contribution in [2.45, 2.75) is 11.1 Å². The lowest BCUT2D eigenvalue weighted by atomic mass is 10.1. The minimum Gasteiger partial charge on any atom is -0.431 e. The molecule has 0 atom stereocenters. The summed E-state index contributed by atoms with van der Waals surface area (Å²) < 4.78 is 89.5. The highest BCUT2D eigenvalue weighted by Gasteiger charge is 2.31. The van der Waals surface area contributed by atoms with Gasteiger partial charge in [-0.3, -0.25) is 0 Å². The summed E-state index contributed by atoms with van der Waals surface area (Å²) in [6.07, 6.45) is -2.46. The Morgan fingerprint density at radius 2 is 1.71 bits per heavy atom. The molecule has 31 heavy (non-hydrogen) atoms. The van der Waals surface area contributed by atoms with E-state index in [0.29, 0.717) is 29.5 Å². The molecule has 0 aliphatic heterocycles. The Balaban J connectivity index is 1.57. The zero-order chi connectivity index (χ0) is 22.2. The molecule has 0 spiro atoms. The zero-order valence-electron chi connectivity index (χ0n) is 15.2. The molecular weight excluding hydrogens is 442 g/mol. The van der Waals surface area contributed by atoms with Gasteiger partial charge in [0.25, 0.3) is 10.0 Å². The predicted molar refractivity (Wildman–Crippen MR) is 99.6 cm³/mol. The maximum atomic E-state index is 14.0. The Hall–Kier alpha value is -3.67. The third-order valence-electron chi connectivity index (χ3n) is 4.19. The molecule has 4 rings (SSSR count). The molecule has 0 radical (unpaired) electrons. The molecule has 0 fully saturated rings. The second kappa shape index (κ2) is 7.54. The minimum absolute atomic E-state index is 0.134. The molecule has 0 bridgehead atoms. The summed E-state index contributed by atoms with van der Waals surface area (Å²) >= 11 is 0. The van der Waals surface area contributed by atoms with Crippen LogP contribution in [0.1, 0.15) is 5.56 Å². The van der Waals surface area contributed by atoms with Gasteiger partial charge in [-0.05, 0) is 30.3 Å². The predicted octanol–water partition coefficient (Wildman–Crippen LogP) is 4.96. The van der Waals surface area contributed by atoms with E-state index in [1.165, 1.54) is 30.5 Å². The number of nitrogens with one attached hydrogen (secondary N) is 1. The number of anilines is 1. The summed E-state index contributed by atoms with van der Waals surface area (Å²) in [6.45, 7) is 0. The fourth-order valence-corrected chi connectivity index (χ4v) is 3.62. The van der Waals surface area contributed by atoms with Crippen LogP contribution in [0.3, 0.4) is 0 Å². The van der Waals surface area contributed by atoms with Crippen molar-refractivity contribution in [3.8, 4) is 22.5 Å². The summed E-state index contributed by atoms with van der Waals surface area (Å²) in [4.78, 5) is 3.61. The van der Waals surface area contributed by atoms with Crippen LogP contribution in [0, 0.1) is 5.82 Å². The quantitative estimate of drug-likeness (QED) is 0.429. The van der Waals surface area contributed by atoms with Crippen molar-refractivity contribution in [1.82, 2.24) is 10.1 Å². The summed E-state index contributed by atoms with van der Waals surface area (Å²) in [6, 6.07) is 8.49. The molecule has 2 aromatic heterocycles. The minimum atomic E-state index is -4.69. The first kappa shape index (κ1) is 20.6. The molecule has 7 nitrogen and oxygen atoms in total. The molecule has 0 saturated carbocycles. The highest BCUT2D eigenvalue weighted by Crippen LogP contribution is 2.34. The number of benzene rings is 2. The molecule has 2 heterocycles. The van der Waals surface area contributed by atoms with Crippen molar-refractivity contribution in [2.75, 3.05) is 4.72 Å². The van der Waals surface area contributed by atoms with Crippen LogP contribution < -0.4 is 4.72 Å². The van der Waals surface area contributed by atoms with Gasteiger partial charge in [-0.2, -0.15) is 18.2 Å². The number of oxazole rings is 1. The van der Waals surface area contributed by atoms with Crippen LogP contribution in [0.25, 0.3) is 22.5 Å². The summed E-state index contributed by atoms with van der Waals surface area (Å²) in [7, 11) is -4.13. The first-order chi connectivity index (χ1) is 14.6. The van der Waals surface area contributed by atoms with Crippen LogP contribution in [-0.4, -0.2) is 18.6 Å². The molecule has 2 aromatic carbocycles. The highest BCUT2D eigenvalue weighted by atomic mass is 32.2. The molecule has 160 valence electrons. The number of hydrogen-bond donors (Lipinski definition) is 1. The Kier molecular flexibility index (Phi) is 5.01. The lowest BCUT2D eigenvalue weighted by Gasteiger charge is -2.08. The smallest absolute Gasteiger partial charge is 0.416 e. The Labute approximate surface area is 172 Å². The van der Waals surface area contributed by atoms with Gasteiger partial charge in [-0.15, -0.1) is 0 Å². The molecule has 0 aliphatic carbocycles.